The quantitative estimate of drug-likeness (QED) is 0.512. The summed E-state index contributed by atoms with van der Waals surface area (Å²) in [5.74, 6) is 1.22. The summed E-state index contributed by atoms with van der Waals surface area (Å²) in [6, 6.07) is 25.6. The molecule has 0 spiro atoms. The Hall–Kier alpha value is -3.19. The van der Waals surface area contributed by atoms with E-state index in [1.807, 2.05) is 54.6 Å². The first-order valence-corrected chi connectivity index (χ1v) is 11.4. The fourth-order valence-electron chi connectivity index (χ4n) is 3.81. The van der Waals surface area contributed by atoms with E-state index in [1.165, 1.54) is 11.1 Å². The van der Waals surface area contributed by atoms with Crippen molar-refractivity contribution in [3.8, 4) is 11.5 Å². The molecule has 1 saturated heterocycles. The van der Waals surface area contributed by atoms with E-state index in [0.717, 1.165) is 38.6 Å². The molecule has 1 fully saturated rings. The Labute approximate surface area is 195 Å². The molecule has 1 amide bonds. The number of morpholine rings is 1. The minimum absolute atomic E-state index is 0.0465. The lowest BCUT2D eigenvalue weighted by Gasteiger charge is -2.31. The second kappa shape index (κ2) is 11.6. The van der Waals surface area contributed by atoms with Gasteiger partial charge in [-0.05, 0) is 36.8 Å². The summed E-state index contributed by atoms with van der Waals surface area (Å²) in [6.45, 7) is 6.41. The summed E-state index contributed by atoms with van der Waals surface area (Å²) in [7, 11) is 0. The average Bonchev–Trinajstić information content (AvgIpc) is 2.85. The summed E-state index contributed by atoms with van der Waals surface area (Å²) in [4.78, 5) is 15.2. The number of benzene rings is 3. The molecule has 0 bridgehead atoms. The molecule has 0 aliphatic carbocycles. The summed E-state index contributed by atoms with van der Waals surface area (Å²) in [5, 5.41) is 6.45. The van der Waals surface area contributed by atoms with Gasteiger partial charge in [-0.1, -0.05) is 60.2 Å². The van der Waals surface area contributed by atoms with E-state index in [4.69, 9.17) is 9.47 Å². The van der Waals surface area contributed by atoms with Crippen molar-refractivity contribution in [1.29, 1.82) is 0 Å². The van der Waals surface area contributed by atoms with Gasteiger partial charge in [-0.15, -0.1) is 0 Å². The smallest absolute Gasteiger partial charge is 0.238 e. The summed E-state index contributed by atoms with van der Waals surface area (Å²) in [6.07, 6.45) is 0. The Morgan fingerprint density at radius 2 is 1.67 bits per heavy atom. The van der Waals surface area contributed by atoms with Gasteiger partial charge in [0.15, 0.2) is 5.75 Å². The van der Waals surface area contributed by atoms with Crippen LogP contribution >= 0.6 is 0 Å². The predicted molar refractivity (Wildman–Crippen MR) is 131 cm³/mol. The predicted octanol–water partition coefficient (Wildman–Crippen LogP) is 4.39. The lowest BCUT2D eigenvalue weighted by atomic mass is 10.0. The molecule has 6 heteroatoms. The van der Waals surface area contributed by atoms with E-state index in [0.29, 0.717) is 11.4 Å². The molecule has 4 rings (SSSR count). The molecule has 6 nitrogen and oxygen atoms in total. The number of rotatable bonds is 9. The zero-order valence-corrected chi connectivity index (χ0v) is 19.0. The molecule has 172 valence electrons. The largest absolute Gasteiger partial charge is 0.455 e. The van der Waals surface area contributed by atoms with E-state index in [-0.39, 0.29) is 18.5 Å². The number of nitrogens with one attached hydrogen (secondary N) is 2. The number of amides is 1. The third-order valence-corrected chi connectivity index (χ3v) is 5.67. The van der Waals surface area contributed by atoms with E-state index in [2.05, 4.69) is 46.7 Å². The number of carbonyl (C=O) groups excluding carboxylic acids is 1. The number of anilines is 1. The molecule has 0 unspecified atom stereocenters. The third kappa shape index (κ3) is 6.89. The van der Waals surface area contributed by atoms with Crippen LogP contribution in [0.15, 0.2) is 78.9 Å². The Morgan fingerprint density at radius 1 is 0.970 bits per heavy atom. The molecule has 0 radical (unpaired) electrons. The van der Waals surface area contributed by atoms with Crippen LogP contribution in [0, 0.1) is 6.92 Å². The van der Waals surface area contributed by atoms with Gasteiger partial charge in [0.1, 0.15) is 5.75 Å². The fourth-order valence-corrected chi connectivity index (χ4v) is 3.81. The van der Waals surface area contributed by atoms with E-state index in [1.54, 1.807) is 0 Å². The highest BCUT2D eigenvalue weighted by atomic mass is 16.5. The molecule has 1 atom stereocenters. The molecular formula is C27H31N3O3. The van der Waals surface area contributed by atoms with Crippen LogP contribution in [0.4, 0.5) is 5.69 Å². The van der Waals surface area contributed by atoms with Gasteiger partial charge in [0.05, 0.1) is 25.4 Å². The van der Waals surface area contributed by atoms with Gasteiger partial charge < -0.3 is 20.1 Å². The number of aryl methyl sites for hydroxylation is 1. The normalized spacial score (nSPS) is 15.1. The molecule has 3 aromatic carbocycles. The highest BCUT2D eigenvalue weighted by Gasteiger charge is 2.19. The zero-order chi connectivity index (χ0) is 22.9. The molecular weight excluding hydrogens is 414 g/mol. The van der Waals surface area contributed by atoms with Gasteiger partial charge in [0.25, 0.3) is 0 Å². The third-order valence-electron chi connectivity index (χ3n) is 5.67. The number of hydrogen-bond acceptors (Lipinski definition) is 5. The first-order valence-electron chi connectivity index (χ1n) is 11.4. The van der Waals surface area contributed by atoms with Crippen LogP contribution in [-0.2, 0) is 9.53 Å². The number of hydrogen-bond donors (Lipinski definition) is 2. The standard InChI is InChI=1S/C27H31N3O3/c1-21-11-13-22(14-12-21)25(20-30-15-17-32-18-16-30)28-19-27(31)29-24-9-5-6-10-26(24)33-23-7-3-2-4-8-23/h2-14,25,28H,15-20H2,1H3,(H,29,31)/t25-/m0/s1. The molecule has 0 saturated carbocycles. The molecule has 33 heavy (non-hydrogen) atoms. The van der Waals surface area contributed by atoms with E-state index in [9.17, 15) is 4.79 Å². The van der Waals surface area contributed by atoms with Gasteiger partial charge in [-0.2, -0.15) is 0 Å². The maximum absolute atomic E-state index is 12.8. The summed E-state index contributed by atoms with van der Waals surface area (Å²) < 4.78 is 11.4. The number of ether oxygens (including phenoxy) is 2. The molecule has 1 aliphatic rings. The first kappa shape index (κ1) is 23.0. The van der Waals surface area contributed by atoms with Crippen LogP contribution in [0.3, 0.4) is 0 Å². The van der Waals surface area contributed by atoms with Crippen molar-refractivity contribution < 1.29 is 14.3 Å². The van der Waals surface area contributed by atoms with Crippen LogP contribution in [-0.4, -0.2) is 50.2 Å². The molecule has 1 aliphatic heterocycles. The van der Waals surface area contributed by atoms with Gasteiger partial charge in [-0.3, -0.25) is 9.69 Å². The Balaban J connectivity index is 1.39. The highest BCUT2D eigenvalue weighted by molar-refractivity contribution is 5.93. The second-order valence-electron chi connectivity index (χ2n) is 8.22. The van der Waals surface area contributed by atoms with Crippen molar-refractivity contribution in [2.45, 2.75) is 13.0 Å². The minimum Gasteiger partial charge on any atom is -0.455 e. The van der Waals surface area contributed by atoms with Crippen LogP contribution in [0.25, 0.3) is 0 Å². The average molecular weight is 446 g/mol. The first-order chi connectivity index (χ1) is 16.2. The van der Waals surface area contributed by atoms with Gasteiger partial charge in [0.2, 0.25) is 5.91 Å². The van der Waals surface area contributed by atoms with Crippen LogP contribution in [0.5, 0.6) is 11.5 Å². The maximum atomic E-state index is 12.8. The van der Waals surface area contributed by atoms with Gasteiger partial charge in [0, 0.05) is 25.7 Å². The van der Waals surface area contributed by atoms with Gasteiger partial charge in [-0.25, -0.2) is 0 Å². The Bertz CT molecular complexity index is 1020. The topological polar surface area (TPSA) is 62.8 Å². The van der Waals surface area contributed by atoms with Crippen LogP contribution in [0.1, 0.15) is 17.2 Å². The molecule has 1 heterocycles. The van der Waals surface area contributed by atoms with E-state index < -0.39 is 0 Å². The minimum atomic E-state index is -0.113. The monoisotopic (exact) mass is 445 g/mol. The van der Waals surface area contributed by atoms with Crippen molar-refractivity contribution in [1.82, 2.24) is 10.2 Å². The highest BCUT2D eigenvalue weighted by Crippen LogP contribution is 2.29. The summed E-state index contributed by atoms with van der Waals surface area (Å²) >= 11 is 0. The van der Waals surface area contributed by atoms with Crippen molar-refractivity contribution in [3.63, 3.8) is 0 Å². The van der Waals surface area contributed by atoms with Crippen molar-refractivity contribution in [2.75, 3.05) is 44.7 Å². The number of nitrogens with zero attached hydrogens (tertiary/aromatic N) is 1. The zero-order valence-electron chi connectivity index (χ0n) is 19.0. The lowest BCUT2D eigenvalue weighted by molar-refractivity contribution is -0.115. The number of carbonyl (C=O) groups is 1. The maximum Gasteiger partial charge on any atom is 0.238 e. The fraction of sp³-hybridized carbons (Fsp3) is 0.296. The second-order valence-corrected chi connectivity index (χ2v) is 8.22. The summed E-state index contributed by atoms with van der Waals surface area (Å²) in [5.41, 5.74) is 3.04. The number of para-hydroxylation sites is 3. The molecule has 0 aromatic heterocycles. The SMILES string of the molecule is Cc1ccc([C@H](CN2CCOCC2)NCC(=O)Nc2ccccc2Oc2ccccc2)cc1. The molecule has 2 N–H and O–H groups in total. The lowest BCUT2D eigenvalue weighted by Crippen LogP contribution is -2.43. The van der Waals surface area contributed by atoms with Crippen LogP contribution < -0.4 is 15.4 Å². The molecule has 3 aromatic rings. The Morgan fingerprint density at radius 3 is 2.42 bits per heavy atom. The van der Waals surface area contributed by atoms with E-state index >= 15 is 0 Å². The van der Waals surface area contributed by atoms with Crippen molar-refractivity contribution >= 4 is 11.6 Å². The Kier molecular flexibility index (Phi) is 8.09. The van der Waals surface area contributed by atoms with Crippen molar-refractivity contribution in [3.05, 3.63) is 90.0 Å². The van der Waals surface area contributed by atoms with Gasteiger partial charge >= 0.3 is 0 Å². The van der Waals surface area contributed by atoms with Crippen molar-refractivity contribution in [2.24, 2.45) is 0 Å². The van der Waals surface area contributed by atoms with Crippen LogP contribution in [0.2, 0.25) is 0 Å².